The van der Waals surface area contributed by atoms with Gasteiger partial charge in [-0.25, -0.2) is 0 Å². The summed E-state index contributed by atoms with van der Waals surface area (Å²) in [5.41, 5.74) is 3.44. The van der Waals surface area contributed by atoms with Crippen LogP contribution >= 0.6 is 11.6 Å². The van der Waals surface area contributed by atoms with Gasteiger partial charge >= 0.3 is 0 Å². The van der Waals surface area contributed by atoms with E-state index in [4.69, 9.17) is 11.6 Å². The molecule has 0 N–H and O–H groups in total. The highest BCUT2D eigenvalue weighted by Gasteiger charge is 2.07. The molecule has 0 nitrogen and oxygen atoms in total. The molecule has 0 bridgehead atoms. The van der Waals surface area contributed by atoms with Gasteiger partial charge in [0.1, 0.15) is 0 Å². The Morgan fingerprint density at radius 2 is 1.25 bits per heavy atom. The van der Waals surface area contributed by atoms with Crippen LogP contribution in [0, 0.1) is 0 Å². The Labute approximate surface area is 148 Å². The van der Waals surface area contributed by atoms with Crippen molar-refractivity contribution in [3.63, 3.8) is 0 Å². The fourth-order valence-electron chi connectivity index (χ4n) is 2.57. The Hall–Kier alpha value is -2.57. The number of hydrogen-bond donors (Lipinski definition) is 0. The summed E-state index contributed by atoms with van der Waals surface area (Å²) < 4.78 is 0. The van der Waals surface area contributed by atoms with Gasteiger partial charge in [0.05, 0.1) is 0 Å². The van der Waals surface area contributed by atoms with Crippen LogP contribution in [0.2, 0.25) is 0 Å². The second kappa shape index (κ2) is 8.33. The van der Waals surface area contributed by atoms with Crippen molar-refractivity contribution in [2.45, 2.75) is 5.92 Å². The molecule has 0 heterocycles. The number of benzene rings is 3. The molecule has 118 valence electrons. The van der Waals surface area contributed by atoms with E-state index in [9.17, 15) is 0 Å². The molecule has 3 rings (SSSR count). The summed E-state index contributed by atoms with van der Waals surface area (Å²) in [6.07, 6.45) is 6.44. The second-order valence-corrected chi connectivity index (χ2v) is 5.99. The minimum atomic E-state index is 0.124. The average molecular weight is 331 g/mol. The normalized spacial score (nSPS) is 13.1. The minimum Gasteiger partial charge on any atom is -0.0840 e. The maximum Gasteiger partial charge on any atom is 0.0447 e. The van der Waals surface area contributed by atoms with E-state index in [-0.39, 0.29) is 5.92 Å². The van der Waals surface area contributed by atoms with Crippen molar-refractivity contribution in [3.05, 3.63) is 120 Å². The third-order valence-electron chi connectivity index (χ3n) is 3.86. The summed E-state index contributed by atoms with van der Waals surface area (Å²) in [7, 11) is 0. The molecule has 3 aromatic rings. The quantitative estimate of drug-likeness (QED) is 0.484. The van der Waals surface area contributed by atoms with Crippen molar-refractivity contribution in [3.8, 4) is 0 Å². The second-order valence-electron chi connectivity index (χ2n) is 5.59. The molecule has 0 aromatic heterocycles. The lowest BCUT2D eigenvalue weighted by molar-refractivity contribution is 1.09. The van der Waals surface area contributed by atoms with Gasteiger partial charge in [-0.1, -0.05) is 121 Å². The Kier molecular flexibility index (Phi) is 5.65. The van der Waals surface area contributed by atoms with Gasteiger partial charge in [0.25, 0.3) is 0 Å². The van der Waals surface area contributed by atoms with Gasteiger partial charge in [0.2, 0.25) is 0 Å². The summed E-state index contributed by atoms with van der Waals surface area (Å²) in [6.45, 7) is 0. The van der Waals surface area contributed by atoms with Crippen LogP contribution in [0.1, 0.15) is 22.6 Å². The highest BCUT2D eigenvalue weighted by Crippen LogP contribution is 2.27. The van der Waals surface area contributed by atoms with Crippen LogP contribution in [0.3, 0.4) is 0 Å². The van der Waals surface area contributed by atoms with Gasteiger partial charge in [-0.2, -0.15) is 0 Å². The maximum atomic E-state index is 6.56. The Bertz CT molecular complexity index is 802. The largest absolute Gasteiger partial charge is 0.0840 e. The minimum absolute atomic E-state index is 0.124. The molecular formula is C23H19Cl. The first-order chi connectivity index (χ1) is 11.8. The molecule has 0 aliphatic rings. The lowest BCUT2D eigenvalue weighted by Gasteiger charge is -2.10. The Morgan fingerprint density at radius 1 is 0.708 bits per heavy atom. The highest BCUT2D eigenvalue weighted by molar-refractivity contribution is 6.48. The summed E-state index contributed by atoms with van der Waals surface area (Å²) in [4.78, 5) is 0. The lowest BCUT2D eigenvalue weighted by atomic mass is 9.96. The first kappa shape index (κ1) is 16.3. The first-order valence-electron chi connectivity index (χ1n) is 8.04. The Balaban J connectivity index is 1.92. The van der Waals surface area contributed by atoms with Crippen LogP contribution in [-0.2, 0) is 0 Å². The standard InChI is InChI=1S/C23H19Cl/c24-23(21-14-8-3-9-15-21)18-22(20-12-6-2-7-13-20)17-16-19-10-4-1-5-11-19/h1-18,22H/b17-16+,23-18+. The first-order valence-corrected chi connectivity index (χ1v) is 8.42. The predicted molar refractivity (Wildman–Crippen MR) is 105 cm³/mol. The van der Waals surface area contributed by atoms with Gasteiger partial charge < -0.3 is 0 Å². The molecule has 1 atom stereocenters. The van der Waals surface area contributed by atoms with Crippen molar-refractivity contribution < 1.29 is 0 Å². The number of hydrogen-bond acceptors (Lipinski definition) is 0. The third kappa shape index (κ3) is 4.47. The molecule has 0 aliphatic heterocycles. The Morgan fingerprint density at radius 3 is 1.88 bits per heavy atom. The van der Waals surface area contributed by atoms with E-state index in [0.29, 0.717) is 0 Å². The molecule has 0 aliphatic carbocycles. The van der Waals surface area contributed by atoms with E-state index in [1.807, 2.05) is 54.6 Å². The molecule has 3 aromatic carbocycles. The molecule has 0 saturated heterocycles. The van der Waals surface area contributed by atoms with Crippen molar-refractivity contribution in [2.75, 3.05) is 0 Å². The number of allylic oxidation sites excluding steroid dienone is 2. The van der Waals surface area contributed by atoms with Crippen molar-refractivity contribution >= 4 is 22.7 Å². The van der Waals surface area contributed by atoms with Gasteiger partial charge in [-0.3, -0.25) is 0 Å². The number of rotatable bonds is 5. The van der Waals surface area contributed by atoms with Crippen LogP contribution in [0.15, 0.2) is 103 Å². The summed E-state index contributed by atoms with van der Waals surface area (Å²) in [5.74, 6) is 0.124. The van der Waals surface area contributed by atoms with Crippen molar-refractivity contribution in [1.82, 2.24) is 0 Å². The maximum absolute atomic E-state index is 6.56. The summed E-state index contributed by atoms with van der Waals surface area (Å²) in [5, 5.41) is 0.766. The topological polar surface area (TPSA) is 0 Å². The van der Waals surface area contributed by atoms with Crippen LogP contribution < -0.4 is 0 Å². The number of halogens is 1. The summed E-state index contributed by atoms with van der Waals surface area (Å²) in [6, 6.07) is 30.8. The fraction of sp³-hybridized carbons (Fsp3) is 0.0435. The van der Waals surface area contributed by atoms with Gasteiger partial charge in [0.15, 0.2) is 0 Å². The van der Waals surface area contributed by atoms with Crippen LogP contribution in [0.25, 0.3) is 11.1 Å². The van der Waals surface area contributed by atoms with Crippen LogP contribution in [0.4, 0.5) is 0 Å². The van der Waals surface area contributed by atoms with E-state index >= 15 is 0 Å². The van der Waals surface area contributed by atoms with Gasteiger partial charge in [-0.15, -0.1) is 0 Å². The molecule has 0 fully saturated rings. The molecule has 0 saturated carbocycles. The molecular weight excluding hydrogens is 312 g/mol. The lowest BCUT2D eigenvalue weighted by Crippen LogP contribution is -1.92. The molecule has 0 radical (unpaired) electrons. The zero-order valence-corrected chi connectivity index (χ0v) is 14.1. The molecule has 0 amide bonds. The monoisotopic (exact) mass is 330 g/mol. The third-order valence-corrected chi connectivity index (χ3v) is 4.20. The highest BCUT2D eigenvalue weighted by atomic mass is 35.5. The van der Waals surface area contributed by atoms with E-state index in [1.54, 1.807) is 0 Å². The predicted octanol–water partition coefficient (Wildman–Crippen LogP) is 6.76. The molecule has 1 unspecified atom stereocenters. The SMILES string of the molecule is Cl/C(=C/C(/C=C/c1ccccc1)c1ccccc1)c1ccccc1. The van der Waals surface area contributed by atoms with Gasteiger partial charge in [0, 0.05) is 11.0 Å². The zero-order chi connectivity index (χ0) is 16.6. The van der Waals surface area contributed by atoms with Crippen LogP contribution in [0.5, 0.6) is 0 Å². The van der Waals surface area contributed by atoms with E-state index in [1.165, 1.54) is 11.1 Å². The summed E-state index contributed by atoms with van der Waals surface area (Å²) >= 11 is 6.56. The smallest absolute Gasteiger partial charge is 0.0447 e. The average Bonchev–Trinajstić information content (AvgIpc) is 2.67. The molecule has 1 heteroatoms. The molecule has 0 spiro atoms. The van der Waals surface area contributed by atoms with E-state index < -0.39 is 0 Å². The van der Waals surface area contributed by atoms with E-state index in [2.05, 4.69) is 54.6 Å². The van der Waals surface area contributed by atoms with Crippen molar-refractivity contribution in [1.29, 1.82) is 0 Å². The van der Waals surface area contributed by atoms with Crippen molar-refractivity contribution in [2.24, 2.45) is 0 Å². The van der Waals surface area contributed by atoms with Gasteiger partial charge in [-0.05, 0) is 16.7 Å². The zero-order valence-electron chi connectivity index (χ0n) is 13.3. The molecule has 24 heavy (non-hydrogen) atoms. The fourth-order valence-corrected chi connectivity index (χ4v) is 2.83. The van der Waals surface area contributed by atoms with Crippen LogP contribution in [-0.4, -0.2) is 0 Å². The van der Waals surface area contributed by atoms with E-state index in [0.717, 1.165) is 10.6 Å².